The van der Waals surface area contributed by atoms with Gasteiger partial charge in [0.25, 0.3) is 0 Å². The van der Waals surface area contributed by atoms with Crippen molar-refractivity contribution in [3.05, 3.63) is 57.5 Å². The fourth-order valence-corrected chi connectivity index (χ4v) is 2.33. The van der Waals surface area contributed by atoms with E-state index in [1.807, 2.05) is 43.3 Å². The van der Waals surface area contributed by atoms with Crippen LogP contribution in [0.4, 0.5) is 5.69 Å². The van der Waals surface area contributed by atoms with Crippen molar-refractivity contribution in [3.63, 3.8) is 0 Å². The second-order valence-electron chi connectivity index (χ2n) is 4.52. The number of nitrogens with one attached hydrogen (secondary N) is 1. The van der Waals surface area contributed by atoms with E-state index >= 15 is 0 Å². The van der Waals surface area contributed by atoms with Crippen LogP contribution < -0.4 is 10.1 Å². The zero-order chi connectivity index (χ0) is 15.2. The molecule has 1 N–H and O–H groups in total. The van der Waals surface area contributed by atoms with Gasteiger partial charge in [0.1, 0.15) is 5.75 Å². The Hall–Kier alpha value is -1.52. The monoisotopic (exact) mass is 367 g/mol. The molecule has 0 atom stereocenters. The van der Waals surface area contributed by atoms with E-state index in [9.17, 15) is 4.79 Å². The predicted molar refractivity (Wildman–Crippen MR) is 89.1 cm³/mol. The summed E-state index contributed by atoms with van der Waals surface area (Å²) in [5.41, 5.74) is 1.59. The molecule has 0 aliphatic carbocycles. The molecule has 0 saturated heterocycles. The van der Waals surface area contributed by atoms with Crippen LogP contribution in [-0.2, 0) is 4.79 Å². The molecule has 0 aromatic heterocycles. The standard InChI is InChI=1S/C16H15BrClNO2/c1-11-14(18)6-3-7-15(11)19-16(20)8-9-21-13-5-2-4-12(17)10-13/h2-7,10H,8-9H2,1H3,(H,19,20). The zero-order valence-corrected chi connectivity index (χ0v) is 13.9. The Bertz CT molecular complexity index is 646. The van der Waals surface area contributed by atoms with Gasteiger partial charge in [-0.2, -0.15) is 0 Å². The van der Waals surface area contributed by atoms with Crippen molar-refractivity contribution in [1.29, 1.82) is 0 Å². The quantitative estimate of drug-likeness (QED) is 0.822. The first-order valence-corrected chi connectivity index (χ1v) is 7.66. The maximum atomic E-state index is 11.9. The first kappa shape index (κ1) is 15.9. The lowest BCUT2D eigenvalue weighted by Crippen LogP contribution is -2.15. The van der Waals surface area contributed by atoms with E-state index in [0.717, 1.165) is 21.5 Å². The zero-order valence-electron chi connectivity index (χ0n) is 11.5. The number of rotatable bonds is 5. The van der Waals surface area contributed by atoms with E-state index < -0.39 is 0 Å². The van der Waals surface area contributed by atoms with Crippen molar-refractivity contribution in [3.8, 4) is 5.75 Å². The molecule has 21 heavy (non-hydrogen) atoms. The number of hydrogen-bond acceptors (Lipinski definition) is 2. The normalized spacial score (nSPS) is 10.2. The highest BCUT2D eigenvalue weighted by Gasteiger charge is 2.07. The van der Waals surface area contributed by atoms with E-state index in [0.29, 0.717) is 11.6 Å². The van der Waals surface area contributed by atoms with Gasteiger partial charge in [-0.3, -0.25) is 4.79 Å². The Morgan fingerprint density at radius 1 is 1.29 bits per heavy atom. The number of halogens is 2. The topological polar surface area (TPSA) is 38.3 Å². The summed E-state index contributed by atoms with van der Waals surface area (Å²) in [5.74, 6) is 0.631. The molecule has 0 fully saturated rings. The molecule has 0 heterocycles. The summed E-state index contributed by atoms with van der Waals surface area (Å²) in [6.07, 6.45) is 0.276. The van der Waals surface area contributed by atoms with Crippen LogP contribution in [-0.4, -0.2) is 12.5 Å². The minimum atomic E-state index is -0.102. The minimum Gasteiger partial charge on any atom is -0.493 e. The maximum Gasteiger partial charge on any atom is 0.227 e. The van der Waals surface area contributed by atoms with Crippen LogP contribution in [0.2, 0.25) is 5.02 Å². The Balaban J connectivity index is 1.84. The molecular formula is C16H15BrClNO2. The third kappa shape index (κ3) is 4.76. The maximum absolute atomic E-state index is 11.9. The fraction of sp³-hybridized carbons (Fsp3) is 0.188. The van der Waals surface area contributed by atoms with Crippen molar-refractivity contribution in [1.82, 2.24) is 0 Å². The molecule has 0 unspecified atom stereocenters. The molecule has 0 radical (unpaired) electrons. The second kappa shape index (κ2) is 7.48. The molecular weight excluding hydrogens is 354 g/mol. The van der Waals surface area contributed by atoms with E-state index in [2.05, 4.69) is 21.2 Å². The number of amides is 1. The molecule has 0 aliphatic heterocycles. The van der Waals surface area contributed by atoms with Gasteiger partial charge in [0, 0.05) is 15.2 Å². The van der Waals surface area contributed by atoms with Gasteiger partial charge in [-0.05, 0) is 42.8 Å². The van der Waals surface area contributed by atoms with E-state index in [4.69, 9.17) is 16.3 Å². The first-order valence-electron chi connectivity index (χ1n) is 6.49. The molecule has 1 amide bonds. The van der Waals surface area contributed by atoms with Crippen LogP contribution in [0.15, 0.2) is 46.9 Å². The van der Waals surface area contributed by atoms with Crippen molar-refractivity contribution in [2.24, 2.45) is 0 Å². The summed E-state index contributed by atoms with van der Waals surface area (Å²) in [7, 11) is 0. The van der Waals surface area contributed by atoms with E-state index in [1.54, 1.807) is 6.07 Å². The third-order valence-corrected chi connectivity index (χ3v) is 3.84. The van der Waals surface area contributed by atoms with Gasteiger partial charge in [-0.15, -0.1) is 0 Å². The number of ether oxygens (including phenoxy) is 1. The molecule has 0 bridgehead atoms. The molecule has 0 spiro atoms. The summed E-state index contributed by atoms with van der Waals surface area (Å²) in [4.78, 5) is 11.9. The van der Waals surface area contributed by atoms with Gasteiger partial charge >= 0.3 is 0 Å². The van der Waals surface area contributed by atoms with Crippen molar-refractivity contribution < 1.29 is 9.53 Å². The minimum absolute atomic E-state index is 0.102. The third-order valence-electron chi connectivity index (χ3n) is 2.94. The number of benzene rings is 2. The highest BCUT2D eigenvalue weighted by Crippen LogP contribution is 2.23. The lowest BCUT2D eigenvalue weighted by Gasteiger charge is -2.10. The SMILES string of the molecule is Cc1c(Cl)cccc1NC(=O)CCOc1cccc(Br)c1. The highest BCUT2D eigenvalue weighted by atomic mass is 79.9. The summed E-state index contributed by atoms with van der Waals surface area (Å²) >= 11 is 9.39. The number of anilines is 1. The van der Waals surface area contributed by atoms with Gasteiger partial charge in [0.2, 0.25) is 5.91 Å². The lowest BCUT2D eigenvalue weighted by atomic mass is 10.2. The summed E-state index contributed by atoms with van der Waals surface area (Å²) in [5, 5.41) is 3.47. The number of hydrogen-bond donors (Lipinski definition) is 1. The van der Waals surface area contributed by atoms with E-state index in [1.165, 1.54) is 0 Å². The smallest absolute Gasteiger partial charge is 0.227 e. The number of carbonyl (C=O) groups is 1. The van der Waals surface area contributed by atoms with Gasteiger partial charge < -0.3 is 10.1 Å². The van der Waals surface area contributed by atoms with Crippen LogP contribution in [0.25, 0.3) is 0 Å². The summed E-state index contributed by atoms with van der Waals surface area (Å²) in [6, 6.07) is 12.9. The van der Waals surface area contributed by atoms with Gasteiger partial charge in [-0.25, -0.2) is 0 Å². The molecule has 0 aliphatic rings. The highest BCUT2D eigenvalue weighted by molar-refractivity contribution is 9.10. The Kier molecular flexibility index (Phi) is 5.65. The molecule has 2 rings (SSSR count). The van der Waals surface area contributed by atoms with Crippen molar-refractivity contribution in [2.45, 2.75) is 13.3 Å². The average Bonchev–Trinajstić information content (AvgIpc) is 2.44. The Morgan fingerprint density at radius 2 is 2.05 bits per heavy atom. The van der Waals surface area contributed by atoms with Crippen molar-refractivity contribution in [2.75, 3.05) is 11.9 Å². The number of carbonyl (C=O) groups excluding carboxylic acids is 1. The van der Waals surface area contributed by atoms with Crippen molar-refractivity contribution >= 4 is 39.1 Å². The Morgan fingerprint density at radius 3 is 2.81 bits per heavy atom. The van der Waals surface area contributed by atoms with Crippen LogP contribution >= 0.6 is 27.5 Å². The van der Waals surface area contributed by atoms with Crippen LogP contribution in [0.5, 0.6) is 5.75 Å². The molecule has 110 valence electrons. The lowest BCUT2D eigenvalue weighted by molar-refractivity contribution is -0.116. The molecule has 2 aromatic rings. The average molecular weight is 369 g/mol. The van der Waals surface area contributed by atoms with Gasteiger partial charge in [0.15, 0.2) is 0 Å². The summed E-state index contributed by atoms with van der Waals surface area (Å²) in [6.45, 7) is 2.19. The van der Waals surface area contributed by atoms with Crippen LogP contribution in [0, 0.1) is 6.92 Å². The van der Waals surface area contributed by atoms with E-state index in [-0.39, 0.29) is 12.3 Å². The molecule has 0 saturated carbocycles. The molecule has 3 nitrogen and oxygen atoms in total. The molecule has 2 aromatic carbocycles. The summed E-state index contributed by atoms with van der Waals surface area (Å²) < 4.78 is 6.48. The molecule has 5 heteroatoms. The van der Waals surface area contributed by atoms with Crippen LogP contribution in [0.1, 0.15) is 12.0 Å². The first-order chi connectivity index (χ1) is 10.1. The van der Waals surface area contributed by atoms with Crippen LogP contribution in [0.3, 0.4) is 0 Å². The fourth-order valence-electron chi connectivity index (χ4n) is 1.77. The predicted octanol–water partition coefficient (Wildman–Crippen LogP) is 4.82. The largest absolute Gasteiger partial charge is 0.493 e. The van der Waals surface area contributed by atoms with Gasteiger partial charge in [-0.1, -0.05) is 39.7 Å². The Labute approximate surface area is 137 Å². The second-order valence-corrected chi connectivity index (χ2v) is 5.84. The van der Waals surface area contributed by atoms with Gasteiger partial charge in [0.05, 0.1) is 13.0 Å².